The molecule has 1 saturated heterocycles. The van der Waals surface area contributed by atoms with Gasteiger partial charge >= 0.3 is 0 Å². The van der Waals surface area contributed by atoms with Gasteiger partial charge in [0.05, 0.1) is 12.2 Å². The zero-order chi connectivity index (χ0) is 13.0. The molecule has 0 aromatic carbocycles. The van der Waals surface area contributed by atoms with Gasteiger partial charge in [-0.05, 0) is 45.3 Å². The quantitative estimate of drug-likeness (QED) is 0.858. The Hall–Kier alpha value is -0.420. The van der Waals surface area contributed by atoms with Crippen molar-refractivity contribution in [1.82, 2.24) is 10.2 Å². The molecule has 18 heavy (non-hydrogen) atoms. The normalized spacial score (nSPS) is 25.8. The van der Waals surface area contributed by atoms with Crippen LogP contribution in [0.4, 0.5) is 0 Å². The van der Waals surface area contributed by atoms with E-state index in [0.29, 0.717) is 18.2 Å². The minimum Gasteiger partial charge on any atom is -0.372 e. The molecule has 0 spiro atoms. The van der Waals surface area contributed by atoms with Gasteiger partial charge in [0.25, 0.3) is 0 Å². The number of hydrogen-bond donors (Lipinski definition) is 1. The van der Waals surface area contributed by atoms with Gasteiger partial charge in [-0.2, -0.15) is 0 Å². The van der Waals surface area contributed by atoms with Crippen LogP contribution in [0.2, 0.25) is 0 Å². The van der Waals surface area contributed by atoms with Crippen molar-refractivity contribution < 1.29 is 4.74 Å². The van der Waals surface area contributed by atoms with Gasteiger partial charge in [0.2, 0.25) is 0 Å². The second kappa shape index (κ2) is 6.66. The van der Waals surface area contributed by atoms with Crippen molar-refractivity contribution in [2.45, 2.75) is 38.0 Å². The van der Waals surface area contributed by atoms with E-state index in [9.17, 15) is 0 Å². The first-order chi connectivity index (χ1) is 8.70. The number of thiophene rings is 1. The monoisotopic (exact) mass is 268 g/mol. The molecule has 0 amide bonds. The summed E-state index contributed by atoms with van der Waals surface area (Å²) in [7, 11) is 4.18. The minimum atomic E-state index is 0.399. The first-order valence-electron chi connectivity index (χ1n) is 6.74. The van der Waals surface area contributed by atoms with E-state index in [4.69, 9.17) is 4.74 Å². The number of nitrogens with zero attached hydrogens (tertiary/aromatic N) is 1. The number of likely N-dealkylation sites (N-methyl/N-ethyl adjacent to an activating group) is 2. The van der Waals surface area contributed by atoms with Gasteiger partial charge < -0.3 is 10.1 Å². The Morgan fingerprint density at radius 3 is 2.94 bits per heavy atom. The lowest BCUT2D eigenvalue weighted by atomic mass is 10.1. The summed E-state index contributed by atoms with van der Waals surface area (Å²) in [6.45, 7) is 4.27. The lowest BCUT2D eigenvalue weighted by Gasteiger charge is -2.26. The van der Waals surface area contributed by atoms with Crippen LogP contribution in [0.5, 0.6) is 0 Å². The minimum absolute atomic E-state index is 0.399. The Labute approximate surface area is 114 Å². The highest BCUT2D eigenvalue weighted by molar-refractivity contribution is 7.10. The summed E-state index contributed by atoms with van der Waals surface area (Å²) in [4.78, 5) is 3.83. The van der Waals surface area contributed by atoms with Gasteiger partial charge in [0.15, 0.2) is 0 Å². The maximum atomic E-state index is 6.04. The summed E-state index contributed by atoms with van der Waals surface area (Å²) in [5.41, 5.74) is 0. The summed E-state index contributed by atoms with van der Waals surface area (Å²) in [6, 6.07) is 4.82. The molecule has 102 valence electrons. The fraction of sp³-hybridized carbons (Fsp3) is 0.714. The van der Waals surface area contributed by atoms with Crippen molar-refractivity contribution in [3.8, 4) is 0 Å². The number of nitrogens with one attached hydrogen (secondary N) is 1. The topological polar surface area (TPSA) is 24.5 Å². The molecule has 1 aromatic heterocycles. The van der Waals surface area contributed by atoms with Crippen LogP contribution < -0.4 is 5.32 Å². The summed E-state index contributed by atoms with van der Waals surface area (Å²) < 4.78 is 6.04. The van der Waals surface area contributed by atoms with Crippen LogP contribution in [0.25, 0.3) is 0 Å². The number of hydrogen-bond acceptors (Lipinski definition) is 4. The van der Waals surface area contributed by atoms with Gasteiger partial charge in [-0.15, -0.1) is 11.3 Å². The van der Waals surface area contributed by atoms with E-state index in [2.05, 4.69) is 41.7 Å². The average molecular weight is 268 g/mol. The molecular weight excluding hydrogens is 244 g/mol. The Balaban J connectivity index is 1.79. The third-order valence-corrected chi connectivity index (χ3v) is 4.78. The molecule has 1 aromatic rings. The average Bonchev–Trinajstić information content (AvgIpc) is 3.00. The van der Waals surface area contributed by atoms with Gasteiger partial charge in [-0.25, -0.2) is 0 Å². The molecular formula is C14H24N2OS. The fourth-order valence-electron chi connectivity index (χ4n) is 2.52. The van der Waals surface area contributed by atoms with Crippen LogP contribution in [0.15, 0.2) is 17.5 Å². The van der Waals surface area contributed by atoms with Crippen molar-refractivity contribution in [1.29, 1.82) is 0 Å². The van der Waals surface area contributed by atoms with E-state index < -0.39 is 0 Å². The van der Waals surface area contributed by atoms with E-state index in [-0.39, 0.29) is 0 Å². The summed E-state index contributed by atoms with van der Waals surface area (Å²) >= 11 is 1.83. The molecule has 2 heterocycles. The molecule has 0 aliphatic carbocycles. The van der Waals surface area contributed by atoms with Crippen LogP contribution in [0.1, 0.15) is 30.7 Å². The second-order valence-corrected chi connectivity index (χ2v) is 6.13. The van der Waals surface area contributed by atoms with Crippen molar-refractivity contribution >= 4 is 11.3 Å². The first kappa shape index (κ1) is 14.0. The van der Waals surface area contributed by atoms with Crippen LogP contribution >= 0.6 is 11.3 Å². The number of rotatable bonds is 6. The molecule has 2 rings (SSSR count). The van der Waals surface area contributed by atoms with Crippen molar-refractivity contribution in [2.24, 2.45) is 0 Å². The number of ether oxygens (including phenoxy) is 1. The fourth-order valence-corrected chi connectivity index (χ4v) is 3.37. The van der Waals surface area contributed by atoms with Crippen LogP contribution in [-0.2, 0) is 4.74 Å². The second-order valence-electron chi connectivity index (χ2n) is 5.15. The van der Waals surface area contributed by atoms with Crippen LogP contribution in [0, 0.1) is 0 Å². The summed E-state index contributed by atoms with van der Waals surface area (Å²) in [5, 5.41) is 5.34. The summed E-state index contributed by atoms with van der Waals surface area (Å²) in [6.07, 6.45) is 3.18. The molecule has 3 nitrogen and oxygen atoms in total. The van der Waals surface area contributed by atoms with E-state index in [1.165, 1.54) is 17.7 Å². The predicted octanol–water partition coefficient (Wildman–Crippen LogP) is 2.51. The molecule has 1 N–H and O–H groups in total. The lowest BCUT2D eigenvalue weighted by molar-refractivity contribution is 0.0228. The molecule has 1 aliphatic rings. The van der Waals surface area contributed by atoms with E-state index in [0.717, 1.165) is 13.1 Å². The van der Waals surface area contributed by atoms with Gasteiger partial charge in [-0.3, -0.25) is 4.90 Å². The molecule has 3 unspecified atom stereocenters. The lowest BCUT2D eigenvalue weighted by Crippen LogP contribution is -2.32. The van der Waals surface area contributed by atoms with E-state index in [1.807, 2.05) is 18.4 Å². The van der Waals surface area contributed by atoms with E-state index >= 15 is 0 Å². The molecule has 0 radical (unpaired) electrons. The molecule has 1 aliphatic heterocycles. The Morgan fingerprint density at radius 2 is 2.28 bits per heavy atom. The highest BCUT2D eigenvalue weighted by atomic mass is 32.1. The molecule has 0 saturated carbocycles. The van der Waals surface area contributed by atoms with Gasteiger partial charge in [0.1, 0.15) is 0 Å². The molecule has 3 atom stereocenters. The standard InChI is InChI=1S/C14H24N2OS/c1-11(14-5-4-8-18-14)16(3)10-13-7-6-12(17-13)9-15-2/h4-5,8,11-13,15H,6-7,9-10H2,1-3H3. The SMILES string of the molecule is CNCC1CCC(CN(C)C(C)c2cccs2)O1. The molecule has 4 heteroatoms. The smallest absolute Gasteiger partial charge is 0.0707 e. The zero-order valence-corrected chi connectivity index (χ0v) is 12.4. The summed E-state index contributed by atoms with van der Waals surface area (Å²) in [5.74, 6) is 0. The maximum absolute atomic E-state index is 6.04. The largest absolute Gasteiger partial charge is 0.372 e. The van der Waals surface area contributed by atoms with Gasteiger partial charge in [-0.1, -0.05) is 6.07 Å². The van der Waals surface area contributed by atoms with Crippen LogP contribution in [0.3, 0.4) is 0 Å². The maximum Gasteiger partial charge on any atom is 0.0707 e. The third kappa shape index (κ3) is 3.54. The van der Waals surface area contributed by atoms with Crippen molar-refractivity contribution in [3.05, 3.63) is 22.4 Å². The van der Waals surface area contributed by atoms with Crippen molar-refractivity contribution in [2.75, 3.05) is 27.2 Å². The Bertz CT molecular complexity index is 342. The molecule has 1 fully saturated rings. The molecule has 0 bridgehead atoms. The zero-order valence-electron chi connectivity index (χ0n) is 11.6. The Kier molecular flexibility index (Phi) is 5.18. The van der Waals surface area contributed by atoms with E-state index in [1.54, 1.807) is 0 Å². The van der Waals surface area contributed by atoms with Gasteiger partial charge in [0, 0.05) is 24.0 Å². The highest BCUT2D eigenvalue weighted by Crippen LogP contribution is 2.26. The highest BCUT2D eigenvalue weighted by Gasteiger charge is 2.26. The van der Waals surface area contributed by atoms with Crippen LogP contribution in [-0.4, -0.2) is 44.3 Å². The third-order valence-electron chi connectivity index (χ3n) is 3.74. The predicted molar refractivity (Wildman–Crippen MR) is 77.2 cm³/mol. The Morgan fingerprint density at radius 1 is 1.50 bits per heavy atom. The first-order valence-corrected chi connectivity index (χ1v) is 7.62. The van der Waals surface area contributed by atoms with Crippen molar-refractivity contribution in [3.63, 3.8) is 0 Å².